The van der Waals surface area contributed by atoms with E-state index in [4.69, 9.17) is 5.73 Å². The number of unbranched alkanes of at least 4 members (excludes halogenated alkanes) is 1. The molecular formula is C8H15N. The molecule has 0 aliphatic carbocycles. The quantitative estimate of drug-likeness (QED) is 0.450. The molecule has 52 valence electrons. The first-order chi connectivity index (χ1) is 4.31. The average Bonchev–Trinajstić information content (AvgIpc) is 1.89. The molecule has 0 saturated heterocycles. The van der Waals surface area contributed by atoms with E-state index >= 15 is 0 Å². The average molecular weight is 125 g/mol. The molecule has 0 saturated carbocycles. The van der Waals surface area contributed by atoms with E-state index in [0.717, 1.165) is 12.8 Å². The molecule has 9 heavy (non-hydrogen) atoms. The summed E-state index contributed by atoms with van der Waals surface area (Å²) in [4.78, 5) is 0. The van der Waals surface area contributed by atoms with Gasteiger partial charge in [-0.15, -0.1) is 6.58 Å². The highest BCUT2D eigenvalue weighted by atomic mass is 14.5. The van der Waals surface area contributed by atoms with Crippen LogP contribution in [0.5, 0.6) is 0 Å². The minimum atomic E-state index is 0.678. The van der Waals surface area contributed by atoms with Gasteiger partial charge in [0.05, 0.1) is 0 Å². The van der Waals surface area contributed by atoms with E-state index in [0.29, 0.717) is 6.54 Å². The lowest BCUT2D eigenvalue weighted by atomic mass is 10.2. The molecule has 0 aromatic carbocycles. The van der Waals surface area contributed by atoms with E-state index in [-0.39, 0.29) is 0 Å². The Bertz CT molecular complexity index is 103. The van der Waals surface area contributed by atoms with Crippen LogP contribution in [0.1, 0.15) is 19.8 Å². The smallest absolute Gasteiger partial charge is 0.0134 e. The van der Waals surface area contributed by atoms with Crippen molar-refractivity contribution in [2.75, 3.05) is 6.54 Å². The topological polar surface area (TPSA) is 26.0 Å². The predicted molar refractivity (Wildman–Crippen MR) is 42.2 cm³/mol. The van der Waals surface area contributed by atoms with Crippen molar-refractivity contribution in [2.45, 2.75) is 19.8 Å². The van der Waals surface area contributed by atoms with E-state index in [1.807, 2.05) is 13.0 Å². The van der Waals surface area contributed by atoms with Gasteiger partial charge in [-0.25, -0.2) is 0 Å². The molecule has 1 nitrogen and oxygen atoms in total. The summed E-state index contributed by atoms with van der Waals surface area (Å²) in [6.45, 7) is 6.35. The standard InChI is InChI=1S/C8H15N/c1-3-4-5-6-8(2)7-9/h3,6H,1,4-5,7,9H2,2H3/b8-6+. The molecule has 1 heteroatoms. The summed E-state index contributed by atoms with van der Waals surface area (Å²) in [5, 5.41) is 0. The summed E-state index contributed by atoms with van der Waals surface area (Å²) < 4.78 is 0. The number of hydrogen-bond donors (Lipinski definition) is 1. The van der Waals surface area contributed by atoms with Gasteiger partial charge in [-0.05, 0) is 19.8 Å². The number of hydrogen-bond acceptors (Lipinski definition) is 1. The van der Waals surface area contributed by atoms with Crippen LogP contribution < -0.4 is 5.73 Å². The van der Waals surface area contributed by atoms with Gasteiger partial charge in [0, 0.05) is 6.54 Å². The maximum Gasteiger partial charge on any atom is 0.0134 e. The van der Waals surface area contributed by atoms with E-state index in [1.54, 1.807) is 0 Å². The van der Waals surface area contributed by atoms with Crippen LogP contribution in [0.4, 0.5) is 0 Å². The molecule has 0 radical (unpaired) electrons. The minimum absolute atomic E-state index is 0.678. The van der Waals surface area contributed by atoms with Crippen LogP contribution in [0.3, 0.4) is 0 Å². The second-order valence-corrected chi connectivity index (χ2v) is 2.12. The van der Waals surface area contributed by atoms with E-state index in [9.17, 15) is 0 Å². The van der Waals surface area contributed by atoms with Crippen molar-refractivity contribution in [1.29, 1.82) is 0 Å². The molecule has 0 heterocycles. The van der Waals surface area contributed by atoms with Crippen LogP contribution in [-0.2, 0) is 0 Å². The molecule has 0 aliphatic heterocycles. The fraction of sp³-hybridized carbons (Fsp3) is 0.500. The molecule has 0 unspecified atom stereocenters. The molecule has 0 aliphatic rings. The maximum atomic E-state index is 5.36. The Labute approximate surface area is 57.3 Å². The molecule has 0 rings (SSSR count). The van der Waals surface area contributed by atoms with Crippen LogP contribution in [0.15, 0.2) is 24.3 Å². The van der Waals surface area contributed by atoms with Crippen LogP contribution in [-0.4, -0.2) is 6.54 Å². The van der Waals surface area contributed by atoms with Crippen LogP contribution in [0.2, 0.25) is 0 Å². The number of allylic oxidation sites excluding steroid dienone is 2. The third-order valence-corrected chi connectivity index (χ3v) is 1.19. The first-order valence-electron chi connectivity index (χ1n) is 3.28. The Balaban J connectivity index is 3.31. The zero-order valence-corrected chi connectivity index (χ0v) is 6.06. The first-order valence-corrected chi connectivity index (χ1v) is 3.28. The Morgan fingerprint density at radius 1 is 1.56 bits per heavy atom. The Kier molecular flexibility index (Phi) is 5.23. The molecule has 0 spiro atoms. The zero-order valence-electron chi connectivity index (χ0n) is 6.06. The number of nitrogens with two attached hydrogens (primary N) is 1. The van der Waals surface area contributed by atoms with Gasteiger partial charge in [-0.3, -0.25) is 0 Å². The fourth-order valence-corrected chi connectivity index (χ4v) is 0.531. The molecule has 0 fully saturated rings. The molecule has 0 bridgehead atoms. The lowest BCUT2D eigenvalue weighted by Gasteiger charge is -1.92. The summed E-state index contributed by atoms with van der Waals surface area (Å²) in [7, 11) is 0. The van der Waals surface area contributed by atoms with Crippen molar-refractivity contribution in [3.8, 4) is 0 Å². The normalized spacial score (nSPS) is 11.6. The van der Waals surface area contributed by atoms with Crippen molar-refractivity contribution in [3.05, 3.63) is 24.3 Å². The van der Waals surface area contributed by atoms with Gasteiger partial charge in [-0.1, -0.05) is 17.7 Å². The Morgan fingerprint density at radius 3 is 2.67 bits per heavy atom. The lowest BCUT2D eigenvalue weighted by Crippen LogP contribution is -1.99. The predicted octanol–water partition coefficient (Wildman–Crippen LogP) is 1.86. The van der Waals surface area contributed by atoms with E-state index in [1.165, 1.54) is 5.57 Å². The van der Waals surface area contributed by atoms with Crippen molar-refractivity contribution in [1.82, 2.24) is 0 Å². The van der Waals surface area contributed by atoms with Gasteiger partial charge in [0.1, 0.15) is 0 Å². The van der Waals surface area contributed by atoms with Gasteiger partial charge >= 0.3 is 0 Å². The molecule has 0 aromatic rings. The SMILES string of the molecule is C=CCC/C=C(\C)CN. The summed E-state index contributed by atoms with van der Waals surface area (Å²) in [5.74, 6) is 0. The van der Waals surface area contributed by atoms with Crippen molar-refractivity contribution in [3.63, 3.8) is 0 Å². The second kappa shape index (κ2) is 5.57. The summed E-state index contributed by atoms with van der Waals surface area (Å²) in [5.41, 5.74) is 6.62. The van der Waals surface area contributed by atoms with E-state index in [2.05, 4.69) is 12.7 Å². The summed E-state index contributed by atoms with van der Waals surface area (Å²) in [6, 6.07) is 0. The van der Waals surface area contributed by atoms with Crippen molar-refractivity contribution in [2.24, 2.45) is 5.73 Å². The highest BCUT2D eigenvalue weighted by Gasteiger charge is 1.80. The fourth-order valence-electron chi connectivity index (χ4n) is 0.531. The molecule has 0 atom stereocenters. The molecule has 2 N–H and O–H groups in total. The first kappa shape index (κ1) is 8.44. The highest BCUT2D eigenvalue weighted by molar-refractivity contribution is 4.99. The Morgan fingerprint density at radius 2 is 2.22 bits per heavy atom. The van der Waals surface area contributed by atoms with E-state index < -0.39 is 0 Å². The molecule has 0 amide bonds. The van der Waals surface area contributed by atoms with Crippen LogP contribution >= 0.6 is 0 Å². The Hall–Kier alpha value is -0.560. The van der Waals surface area contributed by atoms with Gasteiger partial charge in [0.15, 0.2) is 0 Å². The van der Waals surface area contributed by atoms with Crippen LogP contribution in [0.25, 0.3) is 0 Å². The largest absolute Gasteiger partial charge is 0.327 e. The zero-order chi connectivity index (χ0) is 7.11. The summed E-state index contributed by atoms with van der Waals surface area (Å²) in [6.07, 6.45) is 6.20. The highest BCUT2D eigenvalue weighted by Crippen LogP contribution is 1.95. The summed E-state index contributed by atoms with van der Waals surface area (Å²) >= 11 is 0. The second-order valence-electron chi connectivity index (χ2n) is 2.12. The van der Waals surface area contributed by atoms with Crippen molar-refractivity contribution < 1.29 is 0 Å². The lowest BCUT2D eigenvalue weighted by molar-refractivity contribution is 1.01. The third-order valence-electron chi connectivity index (χ3n) is 1.19. The number of rotatable bonds is 4. The van der Waals surface area contributed by atoms with Crippen molar-refractivity contribution >= 4 is 0 Å². The third kappa shape index (κ3) is 5.31. The minimum Gasteiger partial charge on any atom is -0.327 e. The molecular weight excluding hydrogens is 110 g/mol. The maximum absolute atomic E-state index is 5.36. The van der Waals surface area contributed by atoms with Gasteiger partial charge < -0.3 is 5.73 Å². The van der Waals surface area contributed by atoms with Gasteiger partial charge in [-0.2, -0.15) is 0 Å². The van der Waals surface area contributed by atoms with Gasteiger partial charge in [0.2, 0.25) is 0 Å². The van der Waals surface area contributed by atoms with Gasteiger partial charge in [0.25, 0.3) is 0 Å². The molecule has 0 aromatic heterocycles. The van der Waals surface area contributed by atoms with Crippen LogP contribution in [0, 0.1) is 0 Å². The monoisotopic (exact) mass is 125 g/mol.